The Hall–Kier alpha value is -3.22. The van der Waals surface area contributed by atoms with Crippen molar-refractivity contribution in [2.45, 2.75) is 19.3 Å². The average molecular weight is 348 g/mol. The molecule has 3 heterocycles. The number of carbonyl (C=O) groups is 1. The van der Waals surface area contributed by atoms with Crippen LogP contribution >= 0.6 is 0 Å². The number of aromatic nitrogens is 3. The summed E-state index contributed by atoms with van der Waals surface area (Å²) in [7, 11) is 0. The van der Waals surface area contributed by atoms with Gasteiger partial charge in [0.25, 0.3) is 0 Å². The quantitative estimate of drug-likeness (QED) is 0.755. The lowest BCUT2D eigenvalue weighted by molar-refractivity contribution is 0.262. The van der Waals surface area contributed by atoms with E-state index in [1.165, 1.54) is 37.3 Å². The normalized spacial score (nSPS) is 14.2. The molecule has 0 unspecified atom stereocenters. The fraction of sp³-hybridized carbons (Fsp3) is 0.263. The van der Waals surface area contributed by atoms with E-state index < -0.39 is 0 Å². The Bertz CT molecular complexity index is 908. The van der Waals surface area contributed by atoms with Crippen molar-refractivity contribution in [3.63, 3.8) is 0 Å². The van der Waals surface area contributed by atoms with Gasteiger partial charge in [-0.1, -0.05) is 0 Å². The summed E-state index contributed by atoms with van der Waals surface area (Å²) in [6.45, 7) is 2.14. The fourth-order valence-electron chi connectivity index (χ4n) is 3.23. The largest absolute Gasteiger partial charge is 0.372 e. The first-order valence-corrected chi connectivity index (χ1v) is 8.77. The molecule has 2 amide bonds. The number of pyridine rings is 1. The van der Waals surface area contributed by atoms with E-state index in [-0.39, 0.29) is 6.03 Å². The van der Waals surface area contributed by atoms with E-state index >= 15 is 0 Å². The van der Waals surface area contributed by atoms with E-state index in [9.17, 15) is 4.79 Å². The maximum absolute atomic E-state index is 12.3. The monoisotopic (exact) mass is 348 g/mol. The smallest absolute Gasteiger partial charge is 0.324 e. The predicted octanol–water partition coefficient (Wildman–Crippen LogP) is 3.66. The van der Waals surface area contributed by atoms with Gasteiger partial charge in [0.1, 0.15) is 0 Å². The van der Waals surface area contributed by atoms with Gasteiger partial charge in [-0.3, -0.25) is 15.3 Å². The molecule has 7 nitrogen and oxygen atoms in total. The van der Waals surface area contributed by atoms with E-state index in [1.807, 2.05) is 6.07 Å². The van der Waals surface area contributed by atoms with Crippen LogP contribution in [0.4, 0.5) is 22.0 Å². The highest BCUT2D eigenvalue weighted by Gasteiger charge is 2.13. The molecule has 1 saturated heterocycles. The van der Waals surface area contributed by atoms with Gasteiger partial charge in [0.05, 0.1) is 17.4 Å². The Morgan fingerprint density at radius 2 is 1.85 bits per heavy atom. The number of hydrogen-bond donors (Lipinski definition) is 2. The lowest BCUT2D eigenvalue weighted by atomic mass is 10.1. The van der Waals surface area contributed by atoms with Crippen LogP contribution in [-0.2, 0) is 0 Å². The molecule has 2 aromatic heterocycles. The molecule has 1 aromatic carbocycles. The molecule has 132 valence electrons. The van der Waals surface area contributed by atoms with E-state index in [2.05, 4.69) is 42.6 Å². The predicted molar refractivity (Wildman–Crippen MR) is 102 cm³/mol. The number of benzene rings is 1. The summed E-state index contributed by atoms with van der Waals surface area (Å²) in [6, 6.07) is 7.65. The van der Waals surface area contributed by atoms with Gasteiger partial charge in [-0.05, 0) is 43.5 Å². The summed E-state index contributed by atoms with van der Waals surface area (Å²) >= 11 is 0. The molecule has 0 atom stereocenters. The molecular formula is C19H20N6O. The molecule has 1 aliphatic heterocycles. The van der Waals surface area contributed by atoms with Crippen LogP contribution < -0.4 is 15.5 Å². The number of fused-ring (bicyclic) bond motifs is 1. The Morgan fingerprint density at radius 3 is 2.65 bits per heavy atom. The molecule has 0 saturated carbocycles. The average Bonchev–Trinajstić information content (AvgIpc) is 2.69. The van der Waals surface area contributed by atoms with Gasteiger partial charge in [0.2, 0.25) is 0 Å². The van der Waals surface area contributed by atoms with Gasteiger partial charge in [0.15, 0.2) is 5.82 Å². The van der Waals surface area contributed by atoms with Gasteiger partial charge < -0.3 is 10.2 Å². The molecule has 4 rings (SSSR count). The minimum Gasteiger partial charge on any atom is -0.372 e. The molecular weight excluding hydrogens is 328 g/mol. The van der Waals surface area contributed by atoms with Crippen molar-refractivity contribution in [1.82, 2.24) is 15.0 Å². The highest BCUT2D eigenvalue weighted by atomic mass is 16.2. The first kappa shape index (κ1) is 16.3. The van der Waals surface area contributed by atoms with Crippen molar-refractivity contribution in [3.05, 3.63) is 49.1 Å². The van der Waals surface area contributed by atoms with Crippen LogP contribution in [0.1, 0.15) is 19.3 Å². The number of rotatable bonds is 3. The summed E-state index contributed by atoms with van der Waals surface area (Å²) in [5.41, 5.74) is 2.74. The molecule has 2 N–H and O–H groups in total. The number of carbonyl (C=O) groups excluding carboxylic acids is 1. The van der Waals surface area contributed by atoms with Crippen LogP contribution in [0.15, 0.2) is 49.1 Å². The van der Waals surface area contributed by atoms with E-state index in [4.69, 9.17) is 0 Å². The van der Waals surface area contributed by atoms with Crippen molar-refractivity contribution in [1.29, 1.82) is 0 Å². The molecule has 1 aliphatic rings. The van der Waals surface area contributed by atoms with Crippen molar-refractivity contribution >= 4 is 34.1 Å². The third kappa shape index (κ3) is 3.56. The third-order valence-corrected chi connectivity index (χ3v) is 4.50. The Morgan fingerprint density at radius 1 is 0.962 bits per heavy atom. The molecule has 26 heavy (non-hydrogen) atoms. The SMILES string of the molecule is O=C(Nc1cnccn1)Nc1ccnc2ccc(N3CCCCC3)cc12. The van der Waals surface area contributed by atoms with Crippen molar-refractivity contribution in [2.75, 3.05) is 28.6 Å². The third-order valence-electron chi connectivity index (χ3n) is 4.50. The lowest BCUT2D eigenvalue weighted by Crippen LogP contribution is -2.29. The number of urea groups is 1. The molecule has 0 bridgehead atoms. The molecule has 7 heteroatoms. The maximum atomic E-state index is 12.3. The van der Waals surface area contributed by atoms with Crippen LogP contribution in [0.5, 0.6) is 0 Å². The summed E-state index contributed by atoms with van der Waals surface area (Å²) in [4.78, 5) is 27.1. The minimum absolute atomic E-state index is 0.360. The molecule has 1 fully saturated rings. The topological polar surface area (TPSA) is 83.0 Å². The number of anilines is 3. The minimum atomic E-state index is -0.360. The van der Waals surface area contributed by atoms with Gasteiger partial charge in [-0.2, -0.15) is 0 Å². The maximum Gasteiger partial charge on any atom is 0.324 e. The van der Waals surface area contributed by atoms with E-state index in [0.717, 1.165) is 29.7 Å². The van der Waals surface area contributed by atoms with Crippen LogP contribution in [0.2, 0.25) is 0 Å². The Kier molecular flexibility index (Phi) is 4.59. The van der Waals surface area contributed by atoms with Gasteiger partial charge in [-0.25, -0.2) is 9.78 Å². The molecule has 0 aliphatic carbocycles. The van der Waals surface area contributed by atoms with E-state index in [1.54, 1.807) is 18.5 Å². The zero-order valence-corrected chi connectivity index (χ0v) is 14.4. The van der Waals surface area contributed by atoms with Crippen LogP contribution in [0.25, 0.3) is 10.9 Å². The van der Waals surface area contributed by atoms with Crippen LogP contribution in [0.3, 0.4) is 0 Å². The number of amides is 2. The summed E-state index contributed by atoms with van der Waals surface area (Å²) in [6.07, 6.45) is 10.0. The zero-order chi connectivity index (χ0) is 17.8. The van der Waals surface area contributed by atoms with E-state index in [0.29, 0.717) is 5.82 Å². The second-order valence-corrected chi connectivity index (χ2v) is 6.28. The lowest BCUT2D eigenvalue weighted by Gasteiger charge is -2.29. The summed E-state index contributed by atoms with van der Waals surface area (Å²) in [5.74, 6) is 0.400. The van der Waals surface area contributed by atoms with Crippen molar-refractivity contribution in [3.8, 4) is 0 Å². The molecule has 3 aromatic rings. The Balaban J connectivity index is 1.58. The van der Waals surface area contributed by atoms with Gasteiger partial charge in [-0.15, -0.1) is 0 Å². The van der Waals surface area contributed by atoms with Gasteiger partial charge >= 0.3 is 6.03 Å². The highest BCUT2D eigenvalue weighted by Crippen LogP contribution is 2.28. The van der Waals surface area contributed by atoms with Crippen molar-refractivity contribution in [2.24, 2.45) is 0 Å². The summed E-state index contributed by atoms with van der Waals surface area (Å²) < 4.78 is 0. The second-order valence-electron chi connectivity index (χ2n) is 6.28. The van der Waals surface area contributed by atoms with Gasteiger partial charge in [0, 0.05) is 42.8 Å². The fourth-order valence-corrected chi connectivity index (χ4v) is 3.23. The second kappa shape index (κ2) is 7.35. The van der Waals surface area contributed by atoms with Crippen molar-refractivity contribution < 1.29 is 4.79 Å². The number of nitrogens with zero attached hydrogens (tertiary/aromatic N) is 4. The molecule has 0 spiro atoms. The zero-order valence-electron chi connectivity index (χ0n) is 14.4. The highest BCUT2D eigenvalue weighted by molar-refractivity contribution is 6.05. The van der Waals surface area contributed by atoms with Crippen LogP contribution in [0, 0.1) is 0 Å². The summed E-state index contributed by atoms with van der Waals surface area (Å²) in [5, 5.41) is 6.49. The first-order chi connectivity index (χ1) is 12.8. The molecule has 0 radical (unpaired) electrons. The standard InChI is InChI=1S/C19H20N6O/c26-19(24-18-13-20-8-9-22-18)23-17-6-7-21-16-5-4-14(12-15(16)17)25-10-2-1-3-11-25/h4-9,12-13H,1-3,10-11H2,(H2,21,22,23,24,26). The van der Waals surface area contributed by atoms with Crippen LogP contribution in [-0.4, -0.2) is 34.1 Å². The number of piperidine rings is 1. The number of hydrogen-bond acceptors (Lipinski definition) is 5. The first-order valence-electron chi connectivity index (χ1n) is 8.77. The Labute approximate surface area is 151 Å². The number of nitrogens with one attached hydrogen (secondary N) is 2.